The van der Waals surface area contributed by atoms with Gasteiger partial charge in [-0.1, -0.05) is 12.1 Å². The SMILES string of the molecule is CC(C)NC(=O)N[C@@H]1CC(=O)N(Cc2cccc(F)c2)C1. The summed E-state index contributed by atoms with van der Waals surface area (Å²) in [6, 6.07) is 5.76. The summed E-state index contributed by atoms with van der Waals surface area (Å²) in [6.45, 7) is 4.55. The van der Waals surface area contributed by atoms with Crippen LogP contribution in [0, 0.1) is 5.82 Å². The molecule has 1 aliphatic heterocycles. The van der Waals surface area contributed by atoms with Gasteiger partial charge in [-0.2, -0.15) is 0 Å². The second kappa shape index (κ2) is 6.56. The molecule has 0 bridgehead atoms. The molecule has 3 amide bonds. The first-order valence-electron chi connectivity index (χ1n) is 7.03. The first-order valence-corrected chi connectivity index (χ1v) is 7.03. The molecule has 1 aromatic carbocycles. The van der Waals surface area contributed by atoms with Crippen LogP contribution in [-0.2, 0) is 11.3 Å². The number of carbonyl (C=O) groups excluding carboxylic acids is 2. The van der Waals surface area contributed by atoms with E-state index in [2.05, 4.69) is 10.6 Å². The summed E-state index contributed by atoms with van der Waals surface area (Å²) in [5.41, 5.74) is 0.746. The number of likely N-dealkylation sites (tertiary alicyclic amines) is 1. The number of hydrogen-bond acceptors (Lipinski definition) is 2. The van der Waals surface area contributed by atoms with Gasteiger partial charge in [0.25, 0.3) is 0 Å². The highest BCUT2D eigenvalue weighted by atomic mass is 19.1. The third-order valence-electron chi connectivity index (χ3n) is 3.23. The van der Waals surface area contributed by atoms with Gasteiger partial charge in [0.15, 0.2) is 0 Å². The van der Waals surface area contributed by atoms with E-state index < -0.39 is 0 Å². The lowest BCUT2D eigenvalue weighted by molar-refractivity contribution is -0.128. The number of urea groups is 1. The summed E-state index contributed by atoms with van der Waals surface area (Å²) in [5, 5.41) is 5.51. The second-order valence-corrected chi connectivity index (χ2v) is 5.58. The van der Waals surface area contributed by atoms with Gasteiger partial charge in [0, 0.05) is 25.6 Å². The van der Waals surface area contributed by atoms with Crippen LogP contribution in [0.3, 0.4) is 0 Å². The van der Waals surface area contributed by atoms with E-state index in [1.165, 1.54) is 12.1 Å². The summed E-state index contributed by atoms with van der Waals surface area (Å²) in [5.74, 6) is -0.348. The molecule has 1 saturated heterocycles. The summed E-state index contributed by atoms with van der Waals surface area (Å²) in [7, 11) is 0. The maximum Gasteiger partial charge on any atom is 0.315 e. The first-order chi connectivity index (χ1) is 9.94. The Morgan fingerprint density at radius 1 is 1.48 bits per heavy atom. The van der Waals surface area contributed by atoms with Crippen molar-refractivity contribution in [3.63, 3.8) is 0 Å². The van der Waals surface area contributed by atoms with E-state index in [4.69, 9.17) is 0 Å². The van der Waals surface area contributed by atoms with E-state index >= 15 is 0 Å². The van der Waals surface area contributed by atoms with Crippen molar-refractivity contribution in [2.75, 3.05) is 6.54 Å². The summed E-state index contributed by atoms with van der Waals surface area (Å²) >= 11 is 0. The van der Waals surface area contributed by atoms with Crippen molar-refractivity contribution in [2.24, 2.45) is 0 Å². The van der Waals surface area contributed by atoms with E-state index in [-0.39, 0.29) is 36.3 Å². The molecule has 0 saturated carbocycles. The van der Waals surface area contributed by atoms with Gasteiger partial charge in [-0.15, -0.1) is 0 Å². The van der Waals surface area contributed by atoms with Crippen molar-refractivity contribution in [3.8, 4) is 0 Å². The minimum Gasteiger partial charge on any atom is -0.336 e. The van der Waals surface area contributed by atoms with E-state index in [1.807, 2.05) is 13.8 Å². The normalized spacial score (nSPS) is 18.2. The Balaban J connectivity index is 1.89. The standard InChI is InChI=1S/C15H20FN3O2/c1-10(2)17-15(21)18-13-7-14(20)19(9-13)8-11-4-3-5-12(16)6-11/h3-6,10,13H,7-9H2,1-2H3,(H2,17,18,21)/t13-/m1/s1. The lowest BCUT2D eigenvalue weighted by Gasteiger charge is -2.18. The van der Waals surface area contributed by atoms with Gasteiger partial charge in [-0.25, -0.2) is 9.18 Å². The number of carbonyl (C=O) groups is 2. The fourth-order valence-corrected chi connectivity index (χ4v) is 2.37. The minimum absolute atomic E-state index is 0.0332. The van der Waals surface area contributed by atoms with Crippen molar-refractivity contribution < 1.29 is 14.0 Å². The van der Waals surface area contributed by atoms with Crippen LogP contribution in [0.2, 0.25) is 0 Å². The minimum atomic E-state index is -0.315. The zero-order chi connectivity index (χ0) is 15.4. The van der Waals surface area contributed by atoms with Gasteiger partial charge in [0.05, 0.1) is 6.04 Å². The van der Waals surface area contributed by atoms with Crippen molar-refractivity contribution in [3.05, 3.63) is 35.6 Å². The monoisotopic (exact) mass is 293 g/mol. The number of nitrogens with one attached hydrogen (secondary N) is 2. The number of benzene rings is 1. The molecule has 2 N–H and O–H groups in total. The summed E-state index contributed by atoms with van der Waals surface area (Å²) < 4.78 is 13.1. The average molecular weight is 293 g/mol. The average Bonchev–Trinajstić information content (AvgIpc) is 2.68. The van der Waals surface area contributed by atoms with Crippen molar-refractivity contribution in [1.82, 2.24) is 15.5 Å². The number of hydrogen-bond donors (Lipinski definition) is 2. The Labute approximate surface area is 123 Å². The second-order valence-electron chi connectivity index (χ2n) is 5.58. The molecule has 1 aromatic rings. The predicted molar refractivity (Wildman–Crippen MR) is 77.0 cm³/mol. The molecular formula is C15H20FN3O2. The van der Waals surface area contributed by atoms with Gasteiger partial charge < -0.3 is 15.5 Å². The van der Waals surface area contributed by atoms with E-state index in [9.17, 15) is 14.0 Å². The quantitative estimate of drug-likeness (QED) is 0.886. The third kappa shape index (κ3) is 4.44. The van der Waals surface area contributed by atoms with Gasteiger partial charge in [0.2, 0.25) is 5.91 Å². The van der Waals surface area contributed by atoms with E-state index in [1.54, 1.807) is 17.0 Å². The van der Waals surface area contributed by atoms with Crippen LogP contribution in [0.15, 0.2) is 24.3 Å². The largest absolute Gasteiger partial charge is 0.336 e. The molecule has 6 heteroatoms. The number of nitrogens with zero attached hydrogens (tertiary/aromatic N) is 1. The molecule has 0 aliphatic carbocycles. The van der Waals surface area contributed by atoms with Gasteiger partial charge in [-0.05, 0) is 31.5 Å². The lowest BCUT2D eigenvalue weighted by Crippen LogP contribution is -2.45. The highest BCUT2D eigenvalue weighted by molar-refractivity contribution is 5.81. The zero-order valence-electron chi connectivity index (χ0n) is 12.2. The van der Waals surface area contributed by atoms with Crippen LogP contribution in [0.4, 0.5) is 9.18 Å². The highest BCUT2D eigenvalue weighted by Crippen LogP contribution is 2.15. The van der Waals surface area contributed by atoms with E-state index in [0.717, 1.165) is 5.56 Å². The fourth-order valence-electron chi connectivity index (χ4n) is 2.37. The van der Waals surface area contributed by atoms with Crippen LogP contribution in [0.5, 0.6) is 0 Å². The van der Waals surface area contributed by atoms with Crippen molar-refractivity contribution >= 4 is 11.9 Å². The Hall–Kier alpha value is -2.11. The van der Waals surface area contributed by atoms with Crippen LogP contribution >= 0.6 is 0 Å². The van der Waals surface area contributed by atoms with Gasteiger partial charge in [0.1, 0.15) is 5.82 Å². The molecule has 0 spiro atoms. The molecule has 2 rings (SSSR count). The van der Waals surface area contributed by atoms with Crippen molar-refractivity contribution in [2.45, 2.75) is 38.9 Å². The number of rotatable bonds is 4. The molecule has 114 valence electrons. The first kappa shape index (κ1) is 15.3. The van der Waals surface area contributed by atoms with Crippen molar-refractivity contribution in [1.29, 1.82) is 0 Å². The lowest BCUT2D eigenvalue weighted by atomic mass is 10.2. The van der Waals surface area contributed by atoms with Crippen LogP contribution < -0.4 is 10.6 Å². The Bertz CT molecular complexity index is 533. The Morgan fingerprint density at radius 2 is 2.24 bits per heavy atom. The maximum absolute atomic E-state index is 13.1. The fraction of sp³-hybridized carbons (Fsp3) is 0.467. The van der Waals surface area contributed by atoms with Crippen LogP contribution in [0.1, 0.15) is 25.8 Å². The Kier molecular flexibility index (Phi) is 4.77. The van der Waals surface area contributed by atoms with Crippen LogP contribution in [-0.4, -0.2) is 35.5 Å². The molecule has 5 nitrogen and oxygen atoms in total. The number of amides is 3. The third-order valence-corrected chi connectivity index (χ3v) is 3.23. The molecule has 1 atom stereocenters. The molecular weight excluding hydrogens is 273 g/mol. The number of halogens is 1. The Morgan fingerprint density at radius 3 is 2.90 bits per heavy atom. The van der Waals surface area contributed by atoms with E-state index in [0.29, 0.717) is 13.1 Å². The molecule has 0 aromatic heterocycles. The molecule has 0 unspecified atom stereocenters. The topological polar surface area (TPSA) is 61.4 Å². The molecule has 1 aliphatic rings. The molecule has 0 radical (unpaired) electrons. The molecule has 1 fully saturated rings. The summed E-state index contributed by atoms with van der Waals surface area (Å²) in [6.07, 6.45) is 0.279. The van der Waals surface area contributed by atoms with Gasteiger partial charge >= 0.3 is 6.03 Å². The molecule has 1 heterocycles. The predicted octanol–water partition coefficient (Wildman–Crippen LogP) is 1.63. The summed E-state index contributed by atoms with van der Waals surface area (Å²) in [4.78, 5) is 25.2. The van der Waals surface area contributed by atoms with Crippen LogP contribution in [0.25, 0.3) is 0 Å². The highest BCUT2D eigenvalue weighted by Gasteiger charge is 2.30. The zero-order valence-corrected chi connectivity index (χ0v) is 12.2. The smallest absolute Gasteiger partial charge is 0.315 e. The maximum atomic E-state index is 13.1. The molecule has 21 heavy (non-hydrogen) atoms. The van der Waals surface area contributed by atoms with Gasteiger partial charge in [-0.3, -0.25) is 4.79 Å².